The molecule has 1 rings (SSSR count). The molecule has 0 aromatic heterocycles. The second-order valence-corrected chi connectivity index (χ2v) is 5.02. The van der Waals surface area contributed by atoms with E-state index in [2.05, 4.69) is 15.9 Å². The van der Waals surface area contributed by atoms with Gasteiger partial charge in [0.2, 0.25) is 0 Å². The Morgan fingerprint density at radius 2 is 1.47 bits per heavy atom. The molecule has 2 atom stereocenters. The van der Waals surface area contributed by atoms with Crippen LogP contribution < -0.4 is 14.2 Å². The first kappa shape index (κ1) is 14.1. The third kappa shape index (κ3) is 3.04. The van der Waals surface area contributed by atoms with Crippen LogP contribution in [0.4, 0.5) is 0 Å². The van der Waals surface area contributed by atoms with Crippen LogP contribution in [0.25, 0.3) is 0 Å². The van der Waals surface area contributed by atoms with Gasteiger partial charge in [0.05, 0.1) is 27.4 Å². The van der Waals surface area contributed by atoms with E-state index in [0.717, 1.165) is 0 Å². The maximum Gasteiger partial charge on any atom is 0.164 e. The molecule has 1 aromatic rings. The van der Waals surface area contributed by atoms with Gasteiger partial charge in [0, 0.05) is 16.5 Å². The Labute approximate surface area is 110 Å². The predicted molar refractivity (Wildman–Crippen MR) is 69.4 cm³/mol. The number of alkyl halides is 1. The van der Waals surface area contributed by atoms with Crippen LogP contribution in [-0.2, 0) is 0 Å². The van der Waals surface area contributed by atoms with Crippen molar-refractivity contribution in [3.05, 3.63) is 17.7 Å². The molecule has 0 amide bonds. The highest BCUT2D eigenvalue weighted by Crippen LogP contribution is 2.39. The molecule has 0 aliphatic rings. The van der Waals surface area contributed by atoms with Crippen LogP contribution in [0.15, 0.2) is 12.1 Å². The molecule has 1 aromatic carbocycles. The van der Waals surface area contributed by atoms with E-state index in [1.54, 1.807) is 33.5 Å². The van der Waals surface area contributed by atoms with Crippen LogP contribution in [0.5, 0.6) is 17.2 Å². The molecule has 0 fully saturated rings. The van der Waals surface area contributed by atoms with E-state index in [1.807, 2.05) is 6.92 Å². The predicted octanol–water partition coefficient (Wildman–Crippen LogP) is 2.53. The monoisotopic (exact) mass is 304 g/mol. The van der Waals surface area contributed by atoms with Gasteiger partial charge in [-0.25, -0.2) is 0 Å². The van der Waals surface area contributed by atoms with E-state index < -0.39 is 6.10 Å². The number of halogens is 1. The molecule has 0 saturated carbocycles. The summed E-state index contributed by atoms with van der Waals surface area (Å²) in [5.74, 6) is 1.71. The van der Waals surface area contributed by atoms with Gasteiger partial charge in [-0.3, -0.25) is 0 Å². The topological polar surface area (TPSA) is 47.9 Å². The van der Waals surface area contributed by atoms with Crippen molar-refractivity contribution in [2.75, 3.05) is 21.3 Å². The smallest absolute Gasteiger partial charge is 0.164 e. The van der Waals surface area contributed by atoms with Gasteiger partial charge < -0.3 is 19.3 Å². The quantitative estimate of drug-likeness (QED) is 0.849. The number of hydrogen-bond donors (Lipinski definition) is 1. The second-order valence-electron chi connectivity index (χ2n) is 3.57. The summed E-state index contributed by atoms with van der Waals surface area (Å²) in [5, 5.41) is 10.1. The Balaban J connectivity index is 3.28. The van der Waals surface area contributed by atoms with Gasteiger partial charge in [0.1, 0.15) is 5.75 Å². The zero-order valence-corrected chi connectivity index (χ0v) is 11.9. The largest absolute Gasteiger partial charge is 0.496 e. The number of methoxy groups -OCH3 is 3. The van der Waals surface area contributed by atoms with Crippen LogP contribution in [0, 0.1) is 0 Å². The number of rotatable bonds is 5. The molecule has 0 spiro atoms. The molecular weight excluding hydrogens is 288 g/mol. The average molecular weight is 305 g/mol. The normalized spacial score (nSPS) is 14.0. The molecule has 0 radical (unpaired) electrons. The summed E-state index contributed by atoms with van der Waals surface area (Å²) in [6.07, 6.45) is -0.676. The summed E-state index contributed by atoms with van der Waals surface area (Å²) < 4.78 is 15.6. The number of aliphatic hydroxyl groups is 1. The van der Waals surface area contributed by atoms with E-state index in [0.29, 0.717) is 22.8 Å². The molecule has 5 heteroatoms. The Hall–Kier alpha value is -0.940. The zero-order chi connectivity index (χ0) is 13.0. The fourth-order valence-electron chi connectivity index (χ4n) is 1.53. The third-order valence-electron chi connectivity index (χ3n) is 2.49. The fraction of sp³-hybridized carbons (Fsp3) is 0.500. The molecule has 96 valence electrons. The van der Waals surface area contributed by atoms with E-state index in [-0.39, 0.29) is 4.83 Å². The fourth-order valence-corrected chi connectivity index (χ4v) is 1.82. The zero-order valence-electron chi connectivity index (χ0n) is 10.4. The molecule has 0 saturated heterocycles. The van der Waals surface area contributed by atoms with Crippen molar-refractivity contribution in [1.82, 2.24) is 0 Å². The minimum atomic E-state index is -0.676. The molecule has 0 heterocycles. The summed E-state index contributed by atoms with van der Waals surface area (Å²) in [7, 11) is 4.66. The number of hydrogen-bond acceptors (Lipinski definition) is 4. The average Bonchev–Trinajstić information content (AvgIpc) is 2.35. The SMILES string of the molecule is COc1cc(OC)c(C(O)C(C)Br)cc1OC. The van der Waals surface area contributed by atoms with Crippen LogP contribution in [-0.4, -0.2) is 31.3 Å². The summed E-state index contributed by atoms with van der Waals surface area (Å²) in [6.45, 7) is 1.86. The van der Waals surface area contributed by atoms with Crippen LogP contribution in [0.1, 0.15) is 18.6 Å². The Kier molecular flexibility index (Phi) is 5.08. The molecule has 4 nitrogen and oxygen atoms in total. The van der Waals surface area contributed by atoms with E-state index in [1.165, 1.54) is 0 Å². The lowest BCUT2D eigenvalue weighted by atomic mass is 10.1. The highest BCUT2D eigenvalue weighted by atomic mass is 79.9. The summed E-state index contributed by atoms with van der Waals surface area (Å²) in [6, 6.07) is 3.42. The molecule has 1 N–H and O–H groups in total. The molecule has 2 unspecified atom stereocenters. The first-order valence-electron chi connectivity index (χ1n) is 5.17. The van der Waals surface area contributed by atoms with Crippen molar-refractivity contribution >= 4 is 15.9 Å². The van der Waals surface area contributed by atoms with Gasteiger partial charge >= 0.3 is 0 Å². The first-order valence-corrected chi connectivity index (χ1v) is 6.08. The number of ether oxygens (including phenoxy) is 3. The van der Waals surface area contributed by atoms with Gasteiger partial charge in [-0.15, -0.1) is 0 Å². The summed E-state index contributed by atoms with van der Waals surface area (Å²) in [5.41, 5.74) is 0.662. The van der Waals surface area contributed by atoms with Crippen molar-refractivity contribution in [1.29, 1.82) is 0 Å². The van der Waals surface area contributed by atoms with Crippen molar-refractivity contribution in [3.63, 3.8) is 0 Å². The lowest BCUT2D eigenvalue weighted by Gasteiger charge is -2.19. The number of aliphatic hydroxyl groups excluding tert-OH is 1. The van der Waals surface area contributed by atoms with Crippen LogP contribution in [0.2, 0.25) is 0 Å². The van der Waals surface area contributed by atoms with Crippen LogP contribution in [0.3, 0.4) is 0 Å². The van der Waals surface area contributed by atoms with Gasteiger partial charge in [-0.05, 0) is 13.0 Å². The standard InChI is InChI=1S/C12H17BrO4/c1-7(13)12(14)8-5-10(16-3)11(17-4)6-9(8)15-2/h5-7,12,14H,1-4H3. The van der Waals surface area contributed by atoms with Gasteiger partial charge in [-0.1, -0.05) is 15.9 Å². The van der Waals surface area contributed by atoms with Crippen molar-refractivity contribution in [2.24, 2.45) is 0 Å². The minimum absolute atomic E-state index is 0.0884. The van der Waals surface area contributed by atoms with Crippen LogP contribution >= 0.6 is 15.9 Å². The highest BCUT2D eigenvalue weighted by Gasteiger charge is 2.21. The van der Waals surface area contributed by atoms with Gasteiger partial charge in [0.15, 0.2) is 11.5 Å². The molecule has 17 heavy (non-hydrogen) atoms. The minimum Gasteiger partial charge on any atom is -0.496 e. The lowest BCUT2D eigenvalue weighted by Crippen LogP contribution is -2.10. The second kappa shape index (κ2) is 6.12. The molecular formula is C12H17BrO4. The van der Waals surface area contributed by atoms with Crippen molar-refractivity contribution in [2.45, 2.75) is 17.9 Å². The van der Waals surface area contributed by atoms with E-state index in [4.69, 9.17) is 14.2 Å². The van der Waals surface area contributed by atoms with Crippen molar-refractivity contribution in [3.8, 4) is 17.2 Å². The highest BCUT2D eigenvalue weighted by molar-refractivity contribution is 9.09. The maximum absolute atomic E-state index is 10.1. The Morgan fingerprint density at radius 1 is 1.00 bits per heavy atom. The Bertz CT molecular complexity index is 379. The third-order valence-corrected chi connectivity index (χ3v) is 2.99. The molecule has 0 aliphatic carbocycles. The maximum atomic E-state index is 10.1. The Morgan fingerprint density at radius 3 is 1.88 bits per heavy atom. The summed E-state index contributed by atoms with van der Waals surface area (Å²) >= 11 is 3.34. The molecule has 0 bridgehead atoms. The lowest BCUT2D eigenvalue weighted by molar-refractivity contribution is 0.176. The van der Waals surface area contributed by atoms with Gasteiger partial charge in [-0.2, -0.15) is 0 Å². The van der Waals surface area contributed by atoms with Crippen molar-refractivity contribution < 1.29 is 19.3 Å². The molecule has 0 aliphatic heterocycles. The number of benzene rings is 1. The first-order chi connectivity index (χ1) is 8.04. The van der Waals surface area contributed by atoms with E-state index >= 15 is 0 Å². The summed E-state index contributed by atoms with van der Waals surface area (Å²) in [4.78, 5) is -0.0884. The van der Waals surface area contributed by atoms with E-state index in [9.17, 15) is 5.11 Å². The van der Waals surface area contributed by atoms with Gasteiger partial charge in [0.25, 0.3) is 0 Å².